The van der Waals surface area contributed by atoms with Crippen molar-refractivity contribution < 1.29 is 28.7 Å². The molecule has 3 aromatic carbocycles. The van der Waals surface area contributed by atoms with Gasteiger partial charge in [0.2, 0.25) is 0 Å². The molecule has 1 heterocycles. The van der Waals surface area contributed by atoms with Crippen LogP contribution in [0.25, 0.3) is 0 Å². The van der Waals surface area contributed by atoms with Crippen LogP contribution in [0.2, 0.25) is 10.0 Å². The van der Waals surface area contributed by atoms with E-state index < -0.39 is 47.9 Å². The molecule has 3 aromatic rings. The highest BCUT2D eigenvalue weighted by atomic mass is 79.9. The molecule has 0 aromatic heterocycles. The van der Waals surface area contributed by atoms with Crippen LogP contribution in [0.1, 0.15) is 37.5 Å². The predicted molar refractivity (Wildman–Crippen MR) is 173 cm³/mol. The molecule has 6 atom stereocenters. The SMILES string of the molecule is O=C(CN(C(=O)c1ccc(Cl)c(Cl)c1)N1C(=O)[C@@H]2[C@H]3C[C@@H]([C@H](Br)[C@@H]3Br)[C@@H]2C1=O)c1ccc(OC(=O)c2ccc(Br)cc2)cc1. The van der Waals surface area contributed by atoms with Crippen LogP contribution in [0.4, 0.5) is 0 Å². The molecule has 0 radical (unpaired) electrons. The number of nitrogens with zero attached hydrogens (tertiary/aromatic N) is 2. The minimum atomic E-state index is -0.753. The Kier molecular flexibility index (Phi) is 8.80. The first-order valence-corrected chi connectivity index (χ1v) is 16.9. The summed E-state index contributed by atoms with van der Waals surface area (Å²) in [5.74, 6) is -4.02. The highest BCUT2D eigenvalue weighted by Crippen LogP contribution is 2.60. The van der Waals surface area contributed by atoms with Crippen molar-refractivity contribution >= 4 is 100 Å². The van der Waals surface area contributed by atoms with E-state index in [2.05, 4.69) is 47.8 Å². The largest absolute Gasteiger partial charge is 0.423 e. The summed E-state index contributed by atoms with van der Waals surface area (Å²) in [6, 6.07) is 16.6. The summed E-state index contributed by atoms with van der Waals surface area (Å²) in [5.41, 5.74) is 0.584. The van der Waals surface area contributed by atoms with Crippen LogP contribution < -0.4 is 4.74 Å². The molecule has 1 saturated heterocycles. The van der Waals surface area contributed by atoms with E-state index >= 15 is 0 Å². The summed E-state index contributed by atoms with van der Waals surface area (Å²) in [7, 11) is 0. The molecule has 6 rings (SSSR count). The van der Waals surface area contributed by atoms with Crippen LogP contribution in [-0.4, -0.2) is 55.7 Å². The molecular formula is C31H21Br3Cl2N2O6. The quantitative estimate of drug-likeness (QED) is 0.0838. The number of halogens is 5. The zero-order chi connectivity index (χ0) is 31.4. The summed E-state index contributed by atoms with van der Waals surface area (Å²) < 4.78 is 6.23. The van der Waals surface area contributed by atoms with Gasteiger partial charge in [0.1, 0.15) is 12.3 Å². The predicted octanol–water partition coefficient (Wildman–Crippen LogP) is 6.99. The molecule has 226 valence electrons. The van der Waals surface area contributed by atoms with Gasteiger partial charge in [0.05, 0.1) is 27.4 Å². The van der Waals surface area contributed by atoms with E-state index in [9.17, 15) is 24.0 Å². The number of ketones is 1. The van der Waals surface area contributed by atoms with Crippen molar-refractivity contribution in [3.8, 4) is 5.75 Å². The van der Waals surface area contributed by atoms with Gasteiger partial charge in [-0.25, -0.2) is 9.80 Å². The molecule has 0 spiro atoms. The fourth-order valence-electron chi connectivity index (χ4n) is 6.27. The van der Waals surface area contributed by atoms with Crippen LogP contribution in [0.15, 0.2) is 71.2 Å². The molecule has 3 aliphatic rings. The summed E-state index contributed by atoms with van der Waals surface area (Å²) in [4.78, 5) is 67.5. The van der Waals surface area contributed by atoms with Crippen molar-refractivity contribution in [1.29, 1.82) is 0 Å². The molecule has 0 N–H and O–H groups in total. The number of benzene rings is 3. The Hall–Kier alpha value is -2.57. The number of carbonyl (C=O) groups excluding carboxylic acids is 5. The first-order valence-electron chi connectivity index (χ1n) is 13.5. The standard InChI is InChI=1S/C31H21Br3Cl2N2O6/c32-17-6-1-15(2-7-17)31(43)44-18-8-3-14(4-9-18)23(39)13-37(28(40)16-5-10-21(35)22(36)11-16)38-29(41)24-19-12-20(25(24)30(38)42)27(34)26(19)33/h1-11,19-20,24-27H,12-13H2/t19-,20-,24-,25+,26-,27+/m1/s1. The van der Waals surface area contributed by atoms with Gasteiger partial charge in [-0.2, -0.15) is 5.01 Å². The highest BCUT2D eigenvalue weighted by molar-refractivity contribution is 9.12. The molecule has 13 heteroatoms. The van der Waals surface area contributed by atoms with Gasteiger partial charge in [0.25, 0.3) is 17.7 Å². The third-order valence-corrected chi connectivity index (χ3v) is 12.8. The van der Waals surface area contributed by atoms with Crippen LogP contribution in [0.5, 0.6) is 5.75 Å². The van der Waals surface area contributed by atoms with Gasteiger partial charge in [-0.15, -0.1) is 0 Å². The zero-order valence-electron chi connectivity index (χ0n) is 22.5. The summed E-state index contributed by atoms with van der Waals surface area (Å²) in [6.07, 6.45) is 0.713. The van der Waals surface area contributed by atoms with Gasteiger partial charge in [0.15, 0.2) is 5.78 Å². The monoisotopic (exact) mass is 824 g/mol. The number of imide groups is 1. The first-order chi connectivity index (χ1) is 21.0. The number of alkyl halides is 2. The Morgan fingerprint density at radius 3 is 1.91 bits per heavy atom. The molecule has 8 nitrogen and oxygen atoms in total. The minimum absolute atomic E-state index is 0.00249. The van der Waals surface area contributed by atoms with Gasteiger partial charge in [0, 0.05) is 25.3 Å². The maximum Gasteiger partial charge on any atom is 0.343 e. The van der Waals surface area contributed by atoms with Gasteiger partial charge in [-0.05, 0) is 85.0 Å². The lowest BCUT2D eigenvalue weighted by atomic mass is 9.81. The highest BCUT2D eigenvalue weighted by Gasteiger charge is 2.67. The number of hydrazine groups is 1. The second kappa shape index (κ2) is 12.3. The molecule has 2 saturated carbocycles. The number of Topliss-reactive ketones (excluding diaryl/α,β-unsaturated/α-hetero) is 1. The van der Waals surface area contributed by atoms with Crippen LogP contribution in [0.3, 0.4) is 0 Å². The molecule has 2 aliphatic carbocycles. The third-order valence-electron chi connectivity index (χ3n) is 8.37. The number of carbonyl (C=O) groups is 5. The van der Waals surface area contributed by atoms with Gasteiger partial charge >= 0.3 is 5.97 Å². The van der Waals surface area contributed by atoms with Crippen molar-refractivity contribution in [3.05, 3.63) is 97.9 Å². The Labute approximate surface area is 287 Å². The second-order valence-electron chi connectivity index (χ2n) is 10.8. The first kappa shape index (κ1) is 31.4. The normalized spacial score (nSPS) is 25.2. The van der Waals surface area contributed by atoms with Crippen LogP contribution >= 0.6 is 71.0 Å². The summed E-state index contributed by atoms with van der Waals surface area (Å²) in [5, 5.41) is 2.07. The number of ether oxygens (including phenoxy) is 1. The fourth-order valence-corrected chi connectivity index (χ4v) is 8.71. The third kappa shape index (κ3) is 5.55. The smallest absolute Gasteiger partial charge is 0.343 e. The average molecular weight is 828 g/mol. The molecule has 1 aliphatic heterocycles. The van der Waals surface area contributed by atoms with Gasteiger partial charge < -0.3 is 4.74 Å². The molecule has 3 fully saturated rings. The topological polar surface area (TPSA) is 101 Å². The van der Waals surface area contributed by atoms with E-state index in [1.165, 1.54) is 42.5 Å². The Bertz CT molecular complexity index is 1670. The molecule has 2 bridgehead atoms. The van der Waals surface area contributed by atoms with E-state index in [4.69, 9.17) is 27.9 Å². The molecular weight excluding hydrogens is 807 g/mol. The number of rotatable bonds is 7. The van der Waals surface area contributed by atoms with E-state index in [0.717, 1.165) is 14.5 Å². The maximum absolute atomic E-state index is 13.9. The average Bonchev–Trinajstić information content (AvgIpc) is 3.62. The van der Waals surface area contributed by atoms with Crippen molar-refractivity contribution in [2.45, 2.75) is 16.1 Å². The lowest BCUT2D eigenvalue weighted by Gasteiger charge is -2.31. The summed E-state index contributed by atoms with van der Waals surface area (Å²) in [6.45, 7) is -0.598. The molecule has 3 amide bonds. The van der Waals surface area contributed by atoms with Crippen LogP contribution in [-0.2, 0) is 9.59 Å². The van der Waals surface area contributed by atoms with Crippen molar-refractivity contribution in [2.75, 3.05) is 6.54 Å². The van der Waals surface area contributed by atoms with Crippen LogP contribution in [0, 0.1) is 23.7 Å². The fraction of sp³-hybridized carbons (Fsp3) is 0.258. The lowest BCUT2D eigenvalue weighted by molar-refractivity contribution is -0.154. The number of esters is 1. The van der Waals surface area contributed by atoms with Crippen molar-refractivity contribution in [3.63, 3.8) is 0 Å². The maximum atomic E-state index is 13.9. The molecule has 44 heavy (non-hydrogen) atoms. The van der Waals surface area contributed by atoms with E-state index in [1.54, 1.807) is 24.3 Å². The Morgan fingerprint density at radius 1 is 0.795 bits per heavy atom. The zero-order valence-corrected chi connectivity index (χ0v) is 28.7. The summed E-state index contributed by atoms with van der Waals surface area (Å²) >= 11 is 22.9. The van der Waals surface area contributed by atoms with E-state index in [1.807, 2.05) is 0 Å². The lowest BCUT2D eigenvalue weighted by Crippen LogP contribution is -2.52. The van der Waals surface area contributed by atoms with Gasteiger partial charge in [-0.1, -0.05) is 71.0 Å². The van der Waals surface area contributed by atoms with E-state index in [-0.39, 0.29) is 48.4 Å². The van der Waals surface area contributed by atoms with Crippen molar-refractivity contribution in [1.82, 2.24) is 10.0 Å². The number of hydrogen-bond acceptors (Lipinski definition) is 6. The molecule has 0 unspecified atom stereocenters. The number of amides is 3. The number of fused-ring (bicyclic) bond motifs is 5. The van der Waals surface area contributed by atoms with Gasteiger partial charge in [-0.3, -0.25) is 19.2 Å². The van der Waals surface area contributed by atoms with Crippen molar-refractivity contribution in [2.24, 2.45) is 23.7 Å². The van der Waals surface area contributed by atoms with E-state index in [0.29, 0.717) is 12.0 Å². The minimum Gasteiger partial charge on any atom is -0.423 e. The Balaban J connectivity index is 1.26. The Morgan fingerprint density at radius 2 is 1.34 bits per heavy atom. The second-order valence-corrected chi connectivity index (χ2v) is 14.7. The number of hydrogen-bond donors (Lipinski definition) is 0.